The highest BCUT2D eigenvalue weighted by Gasteiger charge is 2.37. The molecular formula is C19H20BrN2O2+. The number of aryl methyl sites for hydroxylation is 2. The molecule has 0 saturated heterocycles. The van der Waals surface area contributed by atoms with Crippen molar-refractivity contribution in [3.8, 4) is 0 Å². The van der Waals surface area contributed by atoms with E-state index in [1.807, 2.05) is 19.2 Å². The number of nitrogens with one attached hydrogen (secondary N) is 1. The Morgan fingerprint density at radius 2 is 1.83 bits per heavy atom. The highest BCUT2D eigenvalue weighted by Crippen LogP contribution is 2.30. The summed E-state index contributed by atoms with van der Waals surface area (Å²) in [5.41, 5.74) is 4.94. The van der Waals surface area contributed by atoms with Crippen molar-refractivity contribution >= 4 is 33.3 Å². The van der Waals surface area contributed by atoms with Crippen LogP contribution in [0.4, 0.5) is 5.69 Å². The van der Waals surface area contributed by atoms with Crippen LogP contribution in [0.2, 0.25) is 0 Å². The lowest BCUT2D eigenvalue weighted by molar-refractivity contribution is -0.892. The van der Waals surface area contributed by atoms with Crippen LogP contribution in [0.5, 0.6) is 0 Å². The number of nitrogens with zero attached hydrogens (tertiary/aromatic N) is 1. The topological polar surface area (TPSA) is 41.8 Å². The molecule has 0 aromatic heterocycles. The first-order valence-electron chi connectivity index (χ1n) is 7.90. The number of quaternary nitrogens is 1. The van der Waals surface area contributed by atoms with Gasteiger partial charge in [0.2, 0.25) is 0 Å². The van der Waals surface area contributed by atoms with Crippen molar-refractivity contribution in [2.24, 2.45) is 0 Å². The molecule has 2 aromatic carbocycles. The van der Waals surface area contributed by atoms with Crippen LogP contribution >= 0.6 is 15.9 Å². The maximum atomic E-state index is 12.3. The van der Waals surface area contributed by atoms with Gasteiger partial charge in [-0.2, -0.15) is 0 Å². The van der Waals surface area contributed by atoms with Crippen LogP contribution in [-0.4, -0.2) is 25.4 Å². The van der Waals surface area contributed by atoms with E-state index in [1.54, 1.807) is 11.0 Å². The Morgan fingerprint density at radius 3 is 2.54 bits per heavy atom. The molecule has 1 aliphatic rings. The van der Waals surface area contributed by atoms with E-state index in [-0.39, 0.29) is 0 Å². The van der Waals surface area contributed by atoms with Gasteiger partial charge in [-0.05, 0) is 37.6 Å². The molecular weight excluding hydrogens is 368 g/mol. The second kappa shape index (κ2) is 6.49. The van der Waals surface area contributed by atoms with Crippen LogP contribution in [-0.2, 0) is 11.3 Å². The van der Waals surface area contributed by atoms with E-state index < -0.39 is 11.7 Å². The molecule has 124 valence electrons. The van der Waals surface area contributed by atoms with E-state index in [2.05, 4.69) is 48.0 Å². The number of carbonyl (C=O) groups is 2. The third kappa shape index (κ3) is 3.14. The number of Topliss-reactive ketones (excluding diaryl/α,β-unsaturated/α-hetero) is 1. The molecule has 1 aliphatic heterocycles. The van der Waals surface area contributed by atoms with Gasteiger partial charge >= 0.3 is 5.91 Å². The van der Waals surface area contributed by atoms with Crippen LogP contribution in [0.25, 0.3) is 0 Å². The number of amides is 1. The largest absolute Gasteiger partial charge is 0.316 e. The Labute approximate surface area is 150 Å². The Bertz CT molecular complexity index is 832. The Balaban J connectivity index is 1.79. The van der Waals surface area contributed by atoms with E-state index >= 15 is 0 Å². The van der Waals surface area contributed by atoms with Gasteiger partial charge in [0.1, 0.15) is 6.54 Å². The summed E-state index contributed by atoms with van der Waals surface area (Å²) in [6.07, 6.45) is 0. The van der Waals surface area contributed by atoms with Crippen LogP contribution in [0.1, 0.15) is 27.0 Å². The molecule has 1 amide bonds. The van der Waals surface area contributed by atoms with E-state index in [9.17, 15) is 9.59 Å². The third-order valence-electron chi connectivity index (χ3n) is 4.35. The zero-order valence-corrected chi connectivity index (χ0v) is 15.6. The standard InChI is InChI=1S/C19H19BrN2O2/c1-12-4-5-14(13(2)8-12)10-21(3)11-22-17-7-6-15(20)9-16(17)18(23)19(22)24/h4-9H,10-11H2,1-3H3/p+1. The average Bonchev–Trinajstić information content (AvgIpc) is 2.75. The molecule has 24 heavy (non-hydrogen) atoms. The van der Waals surface area contributed by atoms with E-state index in [1.165, 1.54) is 16.7 Å². The molecule has 0 aliphatic carbocycles. The number of hydrogen-bond acceptors (Lipinski definition) is 2. The minimum absolute atomic E-state index is 0.425. The molecule has 0 fully saturated rings. The molecule has 4 nitrogen and oxygen atoms in total. The fourth-order valence-electron chi connectivity index (χ4n) is 3.12. The zero-order chi connectivity index (χ0) is 17.4. The summed E-state index contributed by atoms with van der Waals surface area (Å²) in [5, 5.41) is 0. The first kappa shape index (κ1) is 16.9. The van der Waals surface area contributed by atoms with Crippen LogP contribution in [0.15, 0.2) is 40.9 Å². The van der Waals surface area contributed by atoms with E-state index in [4.69, 9.17) is 0 Å². The Hall–Kier alpha value is -1.98. The van der Waals surface area contributed by atoms with E-state index in [0.717, 1.165) is 15.9 Å². The summed E-state index contributed by atoms with van der Waals surface area (Å²) in [6, 6.07) is 11.8. The summed E-state index contributed by atoms with van der Waals surface area (Å²) in [7, 11) is 2.04. The fraction of sp³-hybridized carbons (Fsp3) is 0.263. The molecule has 1 N–H and O–H groups in total. The minimum Gasteiger partial charge on any atom is -0.316 e. The number of hydrogen-bond donors (Lipinski definition) is 1. The SMILES string of the molecule is Cc1ccc(C[NH+](C)CN2C(=O)C(=O)c3cc(Br)ccc32)c(C)c1. The number of ketones is 1. The zero-order valence-electron chi connectivity index (χ0n) is 14.0. The summed E-state index contributed by atoms with van der Waals surface area (Å²) >= 11 is 3.35. The minimum atomic E-state index is -0.442. The Kier molecular flexibility index (Phi) is 4.56. The molecule has 1 atom stereocenters. The lowest BCUT2D eigenvalue weighted by atomic mass is 10.1. The maximum Gasteiger partial charge on any atom is 0.303 e. The number of halogens is 1. The highest BCUT2D eigenvalue weighted by molar-refractivity contribution is 9.10. The first-order chi connectivity index (χ1) is 11.4. The molecule has 0 bridgehead atoms. The molecule has 0 spiro atoms. The smallest absolute Gasteiger partial charge is 0.303 e. The van der Waals surface area contributed by atoms with Crippen molar-refractivity contribution < 1.29 is 14.5 Å². The first-order valence-corrected chi connectivity index (χ1v) is 8.69. The number of rotatable bonds is 4. The van der Waals surface area contributed by atoms with Crippen molar-refractivity contribution in [1.29, 1.82) is 0 Å². The average molecular weight is 388 g/mol. The number of benzene rings is 2. The quantitative estimate of drug-likeness (QED) is 0.817. The lowest BCUT2D eigenvalue weighted by Gasteiger charge is -2.22. The lowest BCUT2D eigenvalue weighted by Crippen LogP contribution is -3.09. The van der Waals surface area contributed by atoms with Crippen molar-refractivity contribution in [2.75, 3.05) is 18.6 Å². The third-order valence-corrected chi connectivity index (χ3v) is 4.85. The molecule has 0 saturated carbocycles. The van der Waals surface area contributed by atoms with Crippen LogP contribution < -0.4 is 9.80 Å². The van der Waals surface area contributed by atoms with Gasteiger partial charge in [0.05, 0.1) is 18.3 Å². The number of carbonyl (C=O) groups excluding carboxylic acids is 2. The van der Waals surface area contributed by atoms with Crippen molar-refractivity contribution in [3.05, 3.63) is 63.1 Å². The van der Waals surface area contributed by atoms with Gasteiger partial charge in [-0.25, -0.2) is 0 Å². The van der Waals surface area contributed by atoms with Gasteiger partial charge < -0.3 is 4.90 Å². The van der Waals surface area contributed by atoms with Crippen molar-refractivity contribution in [2.45, 2.75) is 20.4 Å². The van der Waals surface area contributed by atoms with Gasteiger partial charge in [-0.3, -0.25) is 14.5 Å². The van der Waals surface area contributed by atoms with Gasteiger partial charge in [0.25, 0.3) is 5.78 Å². The highest BCUT2D eigenvalue weighted by atomic mass is 79.9. The summed E-state index contributed by atoms with van der Waals surface area (Å²) in [4.78, 5) is 27.2. The second-order valence-corrected chi connectivity index (χ2v) is 7.36. The molecule has 1 heterocycles. The normalized spacial score (nSPS) is 14.9. The summed E-state index contributed by atoms with van der Waals surface area (Å²) in [6.45, 7) is 5.45. The van der Waals surface area contributed by atoms with Gasteiger partial charge in [-0.15, -0.1) is 0 Å². The van der Waals surface area contributed by atoms with Crippen molar-refractivity contribution in [3.63, 3.8) is 0 Å². The second-order valence-electron chi connectivity index (χ2n) is 6.45. The summed E-state index contributed by atoms with van der Waals surface area (Å²) in [5.74, 6) is -0.867. The monoisotopic (exact) mass is 387 g/mol. The van der Waals surface area contributed by atoms with Gasteiger partial charge in [-0.1, -0.05) is 39.7 Å². The predicted molar refractivity (Wildman–Crippen MR) is 97.3 cm³/mol. The predicted octanol–water partition coefficient (Wildman–Crippen LogP) is 2.27. The Morgan fingerprint density at radius 1 is 1.08 bits per heavy atom. The maximum absolute atomic E-state index is 12.3. The molecule has 1 unspecified atom stereocenters. The number of fused-ring (bicyclic) bond motifs is 1. The summed E-state index contributed by atoms with van der Waals surface area (Å²) < 4.78 is 0.806. The molecule has 5 heteroatoms. The van der Waals surface area contributed by atoms with Crippen molar-refractivity contribution in [1.82, 2.24) is 0 Å². The van der Waals surface area contributed by atoms with Gasteiger partial charge in [0, 0.05) is 10.0 Å². The number of anilines is 1. The van der Waals surface area contributed by atoms with E-state index in [0.29, 0.717) is 17.9 Å². The van der Waals surface area contributed by atoms with Gasteiger partial charge in [0.15, 0.2) is 6.67 Å². The fourth-order valence-corrected chi connectivity index (χ4v) is 3.49. The molecule has 3 rings (SSSR count). The molecule has 0 radical (unpaired) electrons. The molecule has 2 aromatic rings. The van der Waals surface area contributed by atoms with Crippen LogP contribution in [0.3, 0.4) is 0 Å². The van der Waals surface area contributed by atoms with Crippen LogP contribution in [0, 0.1) is 13.8 Å².